The van der Waals surface area contributed by atoms with Gasteiger partial charge in [0.15, 0.2) is 0 Å². The van der Waals surface area contributed by atoms with Gasteiger partial charge in [0.1, 0.15) is 6.61 Å². The number of nitrogens with zero attached hydrogens (tertiary/aromatic N) is 2. The molecule has 1 aliphatic rings. The van der Waals surface area contributed by atoms with E-state index in [0.717, 1.165) is 16.6 Å². The van der Waals surface area contributed by atoms with Gasteiger partial charge in [0.2, 0.25) is 0 Å². The second-order valence-electron chi connectivity index (χ2n) is 5.54. The first kappa shape index (κ1) is 13.6. The number of benzene rings is 2. The Morgan fingerprint density at radius 1 is 1.00 bits per heavy atom. The molecule has 114 valence electrons. The number of carbonyl (C=O) groups is 1. The van der Waals surface area contributed by atoms with Crippen molar-refractivity contribution in [3.63, 3.8) is 0 Å². The molecule has 4 rings (SSSR count). The van der Waals surface area contributed by atoms with E-state index < -0.39 is 0 Å². The van der Waals surface area contributed by atoms with Crippen LogP contribution in [0.5, 0.6) is 0 Å². The fraction of sp³-hybridized carbons (Fsp3) is 0.105. The molecular weight excluding hydrogens is 288 g/mol. The maximum Gasteiger partial charge on any atom is 0.414 e. The number of carbonyl (C=O) groups excluding carboxylic acids is 1. The maximum absolute atomic E-state index is 12.4. The molecular formula is C19H16N2O2. The predicted molar refractivity (Wildman–Crippen MR) is 89.4 cm³/mol. The van der Waals surface area contributed by atoms with Crippen LogP contribution in [0, 0.1) is 0 Å². The molecule has 0 aliphatic carbocycles. The fourth-order valence-electron chi connectivity index (χ4n) is 2.86. The molecule has 0 unspecified atom stereocenters. The molecule has 4 heteroatoms. The highest BCUT2D eigenvalue weighted by atomic mass is 16.6. The van der Waals surface area contributed by atoms with Gasteiger partial charge in [-0.05, 0) is 17.2 Å². The first-order chi connectivity index (χ1) is 11.3. The van der Waals surface area contributed by atoms with Crippen LogP contribution in [0.4, 0.5) is 4.79 Å². The molecule has 1 amide bonds. The van der Waals surface area contributed by atoms with Crippen molar-refractivity contribution in [1.29, 1.82) is 0 Å². The van der Waals surface area contributed by atoms with Crippen LogP contribution < -0.4 is 0 Å². The van der Waals surface area contributed by atoms with Crippen molar-refractivity contribution in [3.8, 4) is 0 Å². The van der Waals surface area contributed by atoms with Crippen molar-refractivity contribution in [2.24, 2.45) is 0 Å². The number of amides is 1. The lowest BCUT2D eigenvalue weighted by Crippen LogP contribution is -2.25. The Morgan fingerprint density at radius 2 is 1.87 bits per heavy atom. The van der Waals surface area contributed by atoms with Crippen molar-refractivity contribution in [3.05, 3.63) is 78.1 Å². The first-order valence-corrected chi connectivity index (χ1v) is 7.55. The molecule has 0 saturated heterocycles. The summed E-state index contributed by atoms with van der Waals surface area (Å²) in [7, 11) is 0. The zero-order valence-corrected chi connectivity index (χ0v) is 12.6. The number of aromatic nitrogens is 1. The van der Waals surface area contributed by atoms with E-state index in [-0.39, 0.29) is 12.7 Å². The van der Waals surface area contributed by atoms with E-state index in [1.54, 1.807) is 11.1 Å². The summed E-state index contributed by atoms with van der Waals surface area (Å²) in [6.45, 7) is 0.784. The second-order valence-corrected chi connectivity index (χ2v) is 5.54. The molecule has 1 aromatic heterocycles. The molecule has 3 aromatic rings. The molecule has 0 radical (unpaired) electrons. The van der Waals surface area contributed by atoms with Gasteiger partial charge in [-0.2, -0.15) is 0 Å². The maximum atomic E-state index is 12.4. The highest BCUT2D eigenvalue weighted by Crippen LogP contribution is 2.25. The molecule has 1 aliphatic heterocycles. The summed E-state index contributed by atoms with van der Waals surface area (Å²) in [5.74, 6) is 0. The van der Waals surface area contributed by atoms with Crippen molar-refractivity contribution < 1.29 is 9.53 Å². The quantitative estimate of drug-likeness (QED) is 0.710. The van der Waals surface area contributed by atoms with Crippen LogP contribution in [0.1, 0.15) is 11.1 Å². The number of hydrogen-bond acceptors (Lipinski definition) is 2. The van der Waals surface area contributed by atoms with Crippen LogP contribution >= 0.6 is 0 Å². The fourth-order valence-corrected chi connectivity index (χ4v) is 2.86. The first-order valence-electron chi connectivity index (χ1n) is 7.55. The van der Waals surface area contributed by atoms with Gasteiger partial charge in [0.05, 0.1) is 12.1 Å². The number of para-hydroxylation sites is 1. The Morgan fingerprint density at radius 3 is 2.74 bits per heavy atom. The molecule has 0 spiro atoms. The van der Waals surface area contributed by atoms with Gasteiger partial charge < -0.3 is 9.30 Å². The van der Waals surface area contributed by atoms with Crippen molar-refractivity contribution >= 4 is 23.2 Å². The van der Waals surface area contributed by atoms with Crippen LogP contribution in [0.15, 0.2) is 67.0 Å². The average Bonchev–Trinajstić information content (AvgIpc) is 2.91. The molecule has 0 bridgehead atoms. The van der Waals surface area contributed by atoms with Gasteiger partial charge >= 0.3 is 6.09 Å². The van der Waals surface area contributed by atoms with Crippen LogP contribution in [-0.2, 0) is 17.9 Å². The molecule has 0 fully saturated rings. The Bertz CT molecular complexity index is 881. The van der Waals surface area contributed by atoms with Crippen LogP contribution in [0.2, 0.25) is 0 Å². The number of rotatable bonds is 2. The zero-order valence-electron chi connectivity index (χ0n) is 12.6. The van der Waals surface area contributed by atoms with Crippen molar-refractivity contribution in [2.45, 2.75) is 13.2 Å². The molecule has 2 aromatic carbocycles. The molecule has 0 saturated carbocycles. The third-order valence-electron chi connectivity index (χ3n) is 4.01. The van der Waals surface area contributed by atoms with Gasteiger partial charge in [0.25, 0.3) is 0 Å². The lowest BCUT2D eigenvalue weighted by atomic mass is 10.1. The molecule has 0 atom stereocenters. The number of ether oxygens (including phenoxy) is 1. The Kier molecular flexibility index (Phi) is 3.35. The van der Waals surface area contributed by atoms with Crippen molar-refractivity contribution in [2.75, 3.05) is 0 Å². The Hall–Kier alpha value is -3.01. The summed E-state index contributed by atoms with van der Waals surface area (Å²) in [5, 5.41) is 1.17. The standard InChI is InChI=1S/C19H16N2O2/c22-19(23-14-15-5-2-1-3-6-15)21-12-11-20-10-9-16-7-4-8-17(13-21)18(16)20/h1-12H,13-14H2. The normalized spacial score (nSPS) is 13.1. The third-order valence-corrected chi connectivity index (χ3v) is 4.01. The lowest BCUT2D eigenvalue weighted by Gasteiger charge is -2.17. The summed E-state index contributed by atoms with van der Waals surface area (Å²) in [6.07, 6.45) is 5.33. The molecule has 23 heavy (non-hydrogen) atoms. The van der Waals surface area contributed by atoms with Crippen LogP contribution in [0.25, 0.3) is 17.1 Å². The predicted octanol–water partition coefficient (Wildman–Crippen LogP) is 4.22. The zero-order chi connectivity index (χ0) is 15.6. The van der Waals surface area contributed by atoms with E-state index >= 15 is 0 Å². The average molecular weight is 304 g/mol. The summed E-state index contributed by atoms with van der Waals surface area (Å²) in [5.41, 5.74) is 3.23. The van der Waals surface area contributed by atoms with Crippen LogP contribution in [-0.4, -0.2) is 15.6 Å². The van der Waals surface area contributed by atoms with Gasteiger partial charge in [-0.25, -0.2) is 4.79 Å². The molecule has 4 nitrogen and oxygen atoms in total. The molecule has 2 heterocycles. The van der Waals surface area contributed by atoms with E-state index in [1.165, 1.54) is 5.39 Å². The monoisotopic (exact) mass is 304 g/mol. The van der Waals surface area contributed by atoms with Crippen molar-refractivity contribution in [1.82, 2.24) is 9.47 Å². The van der Waals surface area contributed by atoms with Crippen LogP contribution in [0.3, 0.4) is 0 Å². The Balaban J connectivity index is 1.53. The van der Waals surface area contributed by atoms with Gasteiger partial charge in [-0.1, -0.05) is 48.5 Å². The number of hydrogen-bond donors (Lipinski definition) is 0. The molecule has 0 N–H and O–H groups in total. The van der Waals surface area contributed by atoms with E-state index in [1.807, 2.05) is 59.4 Å². The van der Waals surface area contributed by atoms with Gasteiger partial charge in [0, 0.05) is 24.0 Å². The minimum Gasteiger partial charge on any atom is -0.444 e. The smallest absolute Gasteiger partial charge is 0.414 e. The SMILES string of the molecule is O=C(OCc1ccccc1)N1C=Cn2ccc3cccc(c32)C1. The lowest BCUT2D eigenvalue weighted by molar-refractivity contribution is 0.109. The van der Waals surface area contributed by atoms with E-state index in [4.69, 9.17) is 4.74 Å². The van der Waals surface area contributed by atoms with Gasteiger partial charge in [-0.3, -0.25) is 4.90 Å². The Labute approximate surface area is 134 Å². The largest absolute Gasteiger partial charge is 0.444 e. The highest BCUT2D eigenvalue weighted by molar-refractivity contribution is 5.86. The minimum atomic E-state index is -0.340. The topological polar surface area (TPSA) is 34.5 Å². The second kappa shape index (κ2) is 5.65. The van der Waals surface area contributed by atoms with E-state index in [9.17, 15) is 4.79 Å². The summed E-state index contributed by atoms with van der Waals surface area (Å²) >= 11 is 0. The third kappa shape index (κ3) is 2.59. The summed E-state index contributed by atoms with van der Waals surface area (Å²) in [4.78, 5) is 14.0. The highest BCUT2D eigenvalue weighted by Gasteiger charge is 2.18. The van der Waals surface area contributed by atoms with E-state index in [2.05, 4.69) is 12.1 Å². The minimum absolute atomic E-state index is 0.278. The summed E-state index contributed by atoms with van der Waals surface area (Å²) < 4.78 is 7.46. The summed E-state index contributed by atoms with van der Waals surface area (Å²) in [6, 6.07) is 17.9. The van der Waals surface area contributed by atoms with E-state index in [0.29, 0.717) is 6.54 Å². The van der Waals surface area contributed by atoms with Gasteiger partial charge in [-0.15, -0.1) is 0 Å².